The smallest absolute Gasteiger partial charge is 0.302 e. The summed E-state index contributed by atoms with van der Waals surface area (Å²) in [7, 11) is 1.55. The van der Waals surface area contributed by atoms with E-state index in [2.05, 4.69) is 15.3 Å². The van der Waals surface area contributed by atoms with Crippen LogP contribution in [0.5, 0.6) is 11.5 Å². The number of nitrogens with one attached hydrogen (secondary N) is 1. The van der Waals surface area contributed by atoms with Gasteiger partial charge in [-0.25, -0.2) is 9.97 Å². The lowest BCUT2D eigenvalue weighted by Crippen LogP contribution is -2.40. The van der Waals surface area contributed by atoms with Crippen molar-refractivity contribution in [2.75, 3.05) is 31.4 Å². The molecule has 11 heteroatoms. The van der Waals surface area contributed by atoms with Gasteiger partial charge in [0.2, 0.25) is 0 Å². The molecule has 0 unspecified atom stereocenters. The molecule has 8 nitrogen and oxygen atoms in total. The van der Waals surface area contributed by atoms with E-state index in [1.165, 1.54) is 6.07 Å². The fourth-order valence-corrected chi connectivity index (χ4v) is 4.45. The standard InChI is InChI=1S/C27H33ClF2N4O4/c1-14(18-10-16(31)11-20(24(18)28)27(29,30)26(3,4)35)32-25-19-12-23(38-9-8-37-17-6-7-17)22(36-5)13-21(19)33-15(2)34-25/h10-14,17,35H,6-9,31H2,1-5H3,(H,32,33,34)/t14-/m1/s1. The summed E-state index contributed by atoms with van der Waals surface area (Å²) in [6.07, 6.45) is 2.49. The van der Waals surface area contributed by atoms with E-state index in [9.17, 15) is 5.11 Å². The van der Waals surface area contributed by atoms with Crippen molar-refractivity contribution in [1.82, 2.24) is 9.97 Å². The second kappa shape index (κ2) is 10.7. The number of rotatable bonds is 11. The van der Waals surface area contributed by atoms with Crippen LogP contribution < -0.4 is 20.5 Å². The predicted octanol–water partition coefficient (Wildman–Crippen LogP) is 5.78. The van der Waals surface area contributed by atoms with Crippen molar-refractivity contribution in [2.24, 2.45) is 0 Å². The van der Waals surface area contributed by atoms with E-state index >= 15 is 8.78 Å². The summed E-state index contributed by atoms with van der Waals surface area (Å²) in [5, 5.41) is 13.8. The number of nitrogens with two attached hydrogens (primary N) is 1. The number of nitrogens with zero attached hydrogens (tertiary/aromatic N) is 2. The lowest BCUT2D eigenvalue weighted by molar-refractivity contribution is -0.168. The molecule has 1 saturated carbocycles. The number of aryl methyl sites for hydroxylation is 1. The predicted molar refractivity (Wildman–Crippen MR) is 143 cm³/mol. The first-order valence-electron chi connectivity index (χ1n) is 12.4. The van der Waals surface area contributed by atoms with Crippen LogP contribution >= 0.6 is 11.6 Å². The molecule has 1 atom stereocenters. The van der Waals surface area contributed by atoms with Gasteiger partial charge in [0.15, 0.2) is 11.5 Å². The SMILES string of the molecule is COc1cc2nc(C)nc(N[C@H](C)c3cc(N)cc(C(F)(F)C(C)(C)O)c3Cl)c2cc1OCCOC1CC1. The number of nitrogen functional groups attached to an aromatic ring is 1. The highest BCUT2D eigenvalue weighted by atomic mass is 35.5. The van der Waals surface area contributed by atoms with Crippen molar-refractivity contribution in [3.05, 3.63) is 46.2 Å². The number of ether oxygens (including phenoxy) is 3. The number of anilines is 2. The minimum absolute atomic E-state index is 0.0922. The molecule has 1 heterocycles. The van der Waals surface area contributed by atoms with Crippen molar-refractivity contribution in [2.45, 2.75) is 64.2 Å². The third-order valence-electron chi connectivity index (χ3n) is 6.36. The van der Waals surface area contributed by atoms with Gasteiger partial charge in [0.05, 0.1) is 36.4 Å². The highest BCUT2D eigenvalue weighted by Gasteiger charge is 2.49. The molecular formula is C27H33ClF2N4O4. The second-order valence-electron chi connectivity index (χ2n) is 10.0. The van der Waals surface area contributed by atoms with Gasteiger partial charge in [-0.15, -0.1) is 0 Å². The second-order valence-corrected chi connectivity index (χ2v) is 10.4. The van der Waals surface area contributed by atoms with E-state index < -0.39 is 23.1 Å². The highest BCUT2D eigenvalue weighted by Crippen LogP contribution is 2.45. The first-order valence-corrected chi connectivity index (χ1v) is 12.8. The number of alkyl halides is 2. The van der Waals surface area contributed by atoms with Crippen molar-refractivity contribution >= 4 is 34.0 Å². The third-order valence-corrected chi connectivity index (χ3v) is 6.78. The van der Waals surface area contributed by atoms with Gasteiger partial charge in [-0.05, 0) is 64.3 Å². The quantitative estimate of drug-likeness (QED) is 0.204. The molecule has 1 aliphatic carbocycles. The largest absolute Gasteiger partial charge is 0.493 e. The maximum atomic E-state index is 15.1. The molecule has 0 amide bonds. The van der Waals surface area contributed by atoms with Crippen LogP contribution in [0.1, 0.15) is 56.6 Å². The average molecular weight is 551 g/mol. The summed E-state index contributed by atoms with van der Waals surface area (Å²) < 4.78 is 47.2. The molecule has 0 radical (unpaired) electrons. The van der Waals surface area contributed by atoms with E-state index in [4.69, 9.17) is 31.5 Å². The van der Waals surface area contributed by atoms with Crippen molar-refractivity contribution in [3.63, 3.8) is 0 Å². The summed E-state index contributed by atoms with van der Waals surface area (Å²) in [5.41, 5.74) is 4.11. The molecule has 38 heavy (non-hydrogen) atoms. The zero-order valence-corrected chi connectivity index (χ0v) is 22.8. The normalized spacial score (nSPS) is 15.0. The topological polar surface area (TPSA) is 112 Å². The number of aromatic nitrogens is 2. The summed E-state index contributed by atoms with van der Waals surface area (Å²) in [6.45, 7) is 6.36. The van der Waals surface area contributed by atoms with Gasteiger partial charge < -0.3 is 30.4 Å². The molecule has 0 aliphatic heterocycles. The fraction of sp³-hybridized carbons (Fsp3) is 0.481. The fourth-order valence-electron chi connectivity index (χ4n) is 4.06. The van der Waals surface area contributed by atoms with Gasteiger partial charge in [0.25, 0.3) is 0 Å². The summed E-state index contributed by atoms with van der Waals surface area (Å²) in [5.74, 6) is -1.68. The molecule has 0 spiro atoms. The number of benzene rings is 2. The van der Waals surface area contributed by atoms with Gasteiger partial charge in [0.1, 0.15) is 23.9 Å². The van der Waals surface area contributed by atoms with Crippen LogP contribution in [0.2, 0.25) is 5.02 Å². The monoisotopic (exact) mass is 550 g/mol. The summed E-state index contributed by atoms with van der Waals surface area (Å²) >= 11 is 6.48. The van der Waals surface area contributed by atoms with Gasteiger partial charge in [0, 0.05) is 22.7 Å². The first kappa shape index (κ1) is 28.1. The zero-order valence-electron chi connectivity index (χ0n) is 22.1. The Hall–Kier alpha value is -2.95. The lowest BCUT2D eigenvalue weighted by Gasteiger charge is -2.31. The van der Waals surface area contributed by atoms with Crippen LogP contribution in [-0.2, 0) is 10.7 Å². The summed E-state index contributed by atoms with van der Waals surface area (Å²) in [4.78, 5) is 9.06. The van der Waals surface area contributed by atoms with Gasteiger partial charge in [-0.1, -0.05) is 11.6 Å². The minimum atomic E-state index is -3.64. The Morgan fingerprint density at radius 3 is 2.50 bits per heavy atom. The Bertz CT molecular complexity index is 1330. The first-order chi connectivity index (χ1) is 17.8. The van der Waals surface area contributed by atoms with Crippen LogP contribution in [0.15, 0.2) is 24.3 Å². The molecule has 4 N–H and O–H groups in total. The van der Waals surface area contributed by atoms with Crippen LogP contribution in [0.3, 0.4) is 0 Å². The van der Waals surface area contributed by atoms with Gasteiger partial charge in [-0.2, -0.15) is 8.78 Å². The molecule has 0 bridgehead atoms. The van der Waals surface area contributed by atoms with Crippen molar-refractivity contribution in [1.29, 1.82) is 0 Å². The Kier molecular flexibility index (Phi) is 7.88. The molecule has 0 saturated heterocycles. The van der Waals surface area contributed by atoms with Gasteiger partial charge >= 0.3 is 5.92 Å². The van der Waals surface area contributed by atoms with Crippen LogP contribution in [0.25, 0.3) is 10.9 Å². The van der Waals surface area contributed by atoms with Gasteiger partial charge in [-0.3, -0.25) is 0 Å². The third kappa shape index (κ3) is 5.87. The number of hydrogen-bond acceptors (Lipinski definition) is 8. The molecule has 1 aromatic heterocycles. The average Bonchev–Trinajstić information content (AvgIpc) is 3.66. The number of fused-ring (bicyclic) bond motifs is 1. The Balaban J connectivity index is 1.68. The number of halogens is 3. The Morgan fingerprint density at radius 1 is 1.16 bits per heavy atom. The molecule has 4 rings (SSSR count). The Morgan fingerprint density at radius 2 is 1.87 bits per heavy atom. The maximum Gasteiger partial charge on any atom is 0.302 e. The van der Waals surface area contributed by atoms with E-state index in [1.807, 2.05) is 0 Å². The van der Waals surface area contributed by atoms with Crippen molar-refractivity contribution < 1.29 is 28.1 Å². The summed E-state index contributed by atoms with van der Waals surface area (Å²) in [6, 6.07) is 5.56. The molecular weight excluding hydrogens is 518 g/mol. The number of hydrogen-bond donors (Lipinski definition) is 3. The molecule has 1 fully saturated rings. The Labute approximate surface area is 225 Å². The van der Waals surface area contributed by atoms with E-state index in [0.717, 1.165) is 32.8 Å². The van der Waals surface area contributed by atoms with Crippen LogP contribution in [0, 0.1) is 6.92 Å². The highest BCUT2D eigenvalue weighted by molar-refractivity contribution is 6.32. The molecule has 1 aliphatic rings. The maximum absolute atomic E-state index is 15.1. The van der Waals surface area contributed by atoms with Crippen molar-refractivity contribution in [3.8, 4) is 11.5 Å². The van der Waals surface area contributed by atoms with E-state index in [1.54, 1.807) is 33.1 Å². The minimum Gasteiger partial charge on any atom is -0.493 e. The molecule has 2 aromatic carbocycles. The molecule has 206 valence electrons. The van der Waals surface area contributed by atoms with Crippen LogP contribution in [-0.4, -0.2) is 47.1 Å². The van der Waals surface area contributed by atoms with E-state index in [0.29, 0.717) is 58.9 Å². The lowest BCUT2D eigenvalue weighted by atomic mass is 9.90. The molecule has 3 aromatic rings. The number of methoxy groups -OCH3 is 1. The van der Waals surface area contributed by atoms with Crippen LogP contribution in [0.4, 0.5) is 20.3 Å². The van der Waals surface area contributed by atoms with E-state index in [-0.39, 0.29) is 10.7 Å². The zero-order chi connectivity index (χ0) is 27.8. The number of aliphatic hydroxyl groups is 1.